The first-order chi connectivity index (χ1) is 15.1. The maximum absolute atomic E-state index is 12.2. The Balaban J connectivity index is 2.01. The van der Waals surface area contributed by atoms with Crippen LogP contribution in [0.4, 0.5) is 0 Å². The minimum atomic E-state index is -0.548. The Kier molecular flexibility index (Phi) is 7.65. The van der Waals surface area contributed by atoms with Crippen LogP contribution >= 0.6 is 0 Å². The van der Waals surface area contributed by atoms with Gasteiger partial charge in [-0.05, 0) is 59.0 Å². The van der Waals surface area contributed by atoms with Gasteiger partial charge in [0.15, 0.2) is 0 Å². The molecule has 0 radical (unpaired) electrons. The lowest BCUT2D eigenvalue weighted by atomic mass is 9.92. The van der Waals surface area contributed by atoms with Crippen molar-refractivity contribution in [3.63, 3.8) is 0 Å². The largest absolute Gasteiger partial charge is 0.508 e. The second-order valence-corrected chi connectivity index (χ2v) is 6.91. The SMILES string of the molecule is CCc1cc(-c2ccc(O)cc2)ccc1-c1ccc(C(=O)OCCO)cc1OCCO. The quantitative estimate of drug-likeness (QED) is 0.454. The third-order valence-electron chi connectivity index (χ3n) is 4.87. The molecule has 0 heterocycles. The van der Waals surface area contributed by atoms with Crippen LogP contribution in [0.25, 0.3) is 22.3 Å². The van der Waals surface area contributed by atoms with Gasteiger partial charge in [-0.2, -0.15) is 0 Å². The molecule has 0 spiro atoms. The standard InChI is InChI=1S/C25H26O6/c1-2-17-15-19(18-3-7-21(28)8-4-18)5-9-22(17)23-10-6-20(25(29)31-14-12-27)16-24(23)30-13-11-26/h3-10,15-16,26-28H,2,11-14H2,1H3. The molecule has 3 aromatic rings. The fraction of sp³-hybridized carbons (Fsp3) is 0.240. The van der Waals surface area contributed by atoms with Crippen molar-refractivity contribution in [3.8, 4) is 33.8 Å². The van der Waals surface area contributed by atoms with Crippen LogP contribution in [0.5, 0.6) is 11.5 Å². The molecule has 31 heavy (non-hydrogen) atoms. The van der Waals surface area contributed by atoms with Gasteiger partial charge < -0.3 is 24.8 Å². The summed E-state index contributed by atoms with van der Waals surface area (Å²) in [7, 11) is 0. The number of ether oxygens (including phenoxy) is 2. The summed E-state index contributed by atoms with van der Waals surface area (Å²) >= 11 is 0. The van der Waals surface area contributed by atoms with E-state index in [1.807, 2.05) is 24.3 Å². The molecule has 0 aliphatic carbocycles. The van der Waals surface area contributed by atoms with Gasteiger partial charge in [-0.15, -0.1) is 0 Å². The predicted octanol–water partition coefficient (Wildman–Crippen LogP) is 3.81. The molecule has 6 nitrogen and oxygen atoms in total. The van der Waals surface area contributed by atoms with E-state index in [4.69, 9.17) is 14.6 Å². The Bertz CT molecular complexity index is 1030. The number of hydrogen-bond donors (Lipinski definition) is 3. The van der Waals surface area contributed by atoms with Crippen molar-refractivity contribution in [2.45, 2.75) is 13.3 Å². The molecule has 0 atom stereocenters. The summed E-state index contributed by atoms with van der Waals surface area (Å²) in [5.74, 6) is 0.145. The van der Waals surface area contributed by atoms with Crippen molar-refractivity contribution < 1.29 is 29.6 Å². The second-order valence-electron chi connectivity index (χ2n) is 6.91. The number of hydrogen-bond acceptors (Lipinski definition) is 6. The number of rotatable bonds is 9. The number of benzene rings is 3. The summed E-state index contributed by atoms with van der Waals surface area (Å²) < 4.78 is 10.7. The van der Waals surface area contributed by atoms with E-state index in [1.165, 1.54) is 0 Å². The average Bonchev–Trinajstić information content (AvgIpc) is 2.81. The lowest BCUT2D eigenvalue weighted by Crippen LogP contribution is -2.10. The fourth-order valence-corrected chi connectivity index (χ4v) is 3.35. The van der Waals surface area contributed by atoms with E-state index in [0.29, 0.717) is 11.3 Å². The van der Waals surface area contributed by atoms with Crippen molar-refractivity contribution in [1.82, 2.24) is 0 Å². The van der Waals surface area contributed by atoms with E-state index in [0.717, 1.165) is 34.2 Å². The first-order valence-electron chi connectivity index (χ1n) is 10.2. The van der Waals surface area contributed by atoms with Gasteiger partial charge in [0.05, 0.1) is 18.8 Å². The molecule has 6 heteroatoms. The first-order valence-corrected chi connectivity index (χ1v) is 10.2. The number of aliphatic hydroxyl groups excluding tert-OH is 2. The fourth-order valence-electron chi connectivity index (χ4n) is 3.35. The van der Waals surface area contributed by atoms with Gasteiger partial charge in [-0.1, -0.05) is 37.3 Å². The number of aliphatic hydroxyl groups is 2. The van der Waals surface area contributed by atoms with E-state index in [-0.39, 0.29) is 32.2 Å². The molecule has 0 unspecified atom stereocenters. The minimum absolute atomic E-state index is 0.0773. The molecule has 3 rings (SSSR count). The highest BCUT2D eigenvalue weighted by Crippen LogP contribution is 2.36. The normalized spacial score (nSPS) is 10.7. The summed E-state index contributed by atoms with van der Waals surface area (Å²) in [6.07, 6.45) is 0.779. The van der Waals surface area contributed by atoms with E-state index in [2.05, 4.69) is 13.0 Å². The zero-order chi connectivity index (χ0) is 22.2. The Labute approximate surface area is 181 Å². The topological polar surface area (TPSA) is 96.2 Å². The highest BCUT2D eigenvalue weighted by molar-refractivity contribution is 5.91. The molecule has 0 fully saturated rings. The number of carbonyl (C=O) groups is 1. The van der Waals surface area contributed by atoms with Gasteiger partial charge >= 0.3 is 5.97 Å². The molecule has 0 aliphatic rings. The van der Waals surface area contributed by atoms with Crippen LogP contribution in [-0.4, -0.2) is 47.7 Å². The minimum Gasteiger partial charge on any atom is -0.508 e. The lowest BCUT2D eigenvalue weighted by molar-refractivity contribution is 0.0433. The molecule has 0 saturated carbocycles. The van der Waals surface area contributed by atoms with Crippen LogP contribution in [0.2, 0.25) is 0 Å². The second kappa shape index (κ2) is 10.6. The van der Waals surface area contributed by atoms with E-state index in [9.17, 15) is 15.0 Å². The van der Waals surface area contributed by atoms with Gasteiger partial charge in [0, 0.05) is 5.56 Å². The van der Waals surface area contributed by atoms with Gasteiger partial charge in [-0.25, -0.2) is 4.79 Å². The van der Waals surface area contributed by atoms with Crippen LogP contribution in [0, 0.1) is 0 Å². The Morgan fingerprint density at radius 1 is 0.839 bits per heavy atom. The summed E-state index contributed by atoms with van der Waals surface area (Å²) in [5.41, 5.74) is 5.20. The zero-order valence-corrected chi connectivity index (χ0v) is 17.4. The molecular formula is C25H26O6. The molecule has 0 aliphatic heterocycles. The van der Waals surface area contributed by atoms with Gasteiger partial charge in [0.2, 0.25) is 0 Å². The molecular weight excluding hydrogens is 396 g/mol. The number of aryl methyl sites for hydroxylation is 1. The molecule has 0 aromatic heterocycles. The summed E-state index contributed by atoms with van der Waals surface area (Å²) in [6, 6.07) is 18.2. The number of esters is 1. The Morgan fingerprint density at radius 2 is 1.52 bits per heavy atom. The highest BCUT2D eigenvalue weighted by atomic mass is 16.5. The monoisotopic (exact) mass is 422 g/mol. The zero-order valence-electron chi connectivity index (χ0n) is 17.4. The van der Waals surface area contributed by atoms with E-state index in [1.54, 1.807) is 30.3 Å². The maximum Gasteiger partial charge on any atom is 0.338 e. The molecule has 0 amide bonds. The third-order valence-corrected chi connectivity index (χ3v) is 4.87. The van der Waals surface area contributed by atoms with Crippen molar-refractivity contribution in [2.24, 2.45) is 0 Å². The summed E-state index contributed by atoms with van der Waals surface area (Å²) in [5, 5.41) is 27.6. The van der Waals surface area contributed by atoms with Gasteiger partial charge in [0.1, 0.15) is 24.7 Å². The van der Waals surface area contributed by atoms with Crippen LogP contribution in [0.1, 0.15) is 22.8 Å². The van der Waals surface area contributed by atoms with Crippen molar-refractivity contribution in [3.05, 3.63) is 71.8 Å². The van der Waals surface area contributed by atoms with Crippen LogP contribution in [-0.2, 0) is 11.2 Å². The number of phenolic OH excluding ortho intramolecular Hbond substituents is 1. The van der Waals surface area contributed by atoms with Crippen molar-refractivity contribution >= 4 is 5.97 Å². The summed E-state index contributed by atoms with van der Waals surface area (Å²) in [4.78, 5) is 12.2. The maximum atomic E-state index is 12.2. The van der Waals surface area contributed by atoms with Crippen LogP contribution in [0.15, 0.2) is 60.7 Å². The number of aromatic hydroxyl groups is 1. The number of carbonyl (C=O) groups excluding carboxylic acids is 1. The van der Waals surface area contributed by atoms with Crippen LogP contribution < -0.4 is 4.74 Å². The highest BCUT2D eigenvalue weighted by Gasteiger charge is 2.16. The average molecular weight is 422 g/mol. The molecule has 0 saturated heterocycles. The third kappa shape index (κ3) is 5.42. The van der Waals surface area contributed by atoms with Crippen molar-refractivity contribution in [2.75, 3.05) is 26.4 Å². The van der Waals surface area contributed by atoms with Gasteiger partial charge in [0.25, 0.3) is 0 Å². The van der Waals surface area contributed by atoms with E-state index < -0.39 is 5.97 Å². The Morgan fingerprint density at radius 3 is 2.19 bits per heavy atom. The molecule has 0 bridgehead atoms. The molecule has 3 N–H and O–H groups in total. The number of phenols is 1. The Hall–Kier alpha value is -3.35. The molecule has 162 valence electrons. The molecule has 3 aromatic carbocycles. The van der Waals surface area contributed by atoms with Crippen molar-refractivity contribution in [1.29, 1.82) is 0 Å². The van der Waals surface area contributed by atoms with Crippen LogP contribution in [0.3, 0.4) is 0 Å². The van der Waals surface area contributed by atoms with Gasteiger partial charge in [-0.3, -0.25) is 0 Å². The first kappa shape index (κ1) is 22.3. The lowest BCUT2D eigenvalue weighted by Gasteiger charge is -2.16. The van der Waals surface area contributed by atoms with E-state index >= 15 is 0 Å². The summed E-state index contributed by atoms with van der Waals surface area (Å²) in [6.45, 7) is 1.68. The smallest absolute Gasteiger partial charge is 0.338 e. The predicted molar refractivity (Wildman–Crippen MR) is 118 cm³/mol.